The summed E-state index contributed by atoms with van der Waals surface area (Å²) in [4.78, 5) is 0. The zero-order valence-electron chi connectivity index (χ0n) is 20.6. The molecule has 2 aromatic carbocycles. The first-order valence-corrected chi connectivity index (χ1v) is 12.0. The molecule has 2 aromatic rings. The molecule has 37 heavy (non-hydrogen) atoms. The van der Waals surface area contributed by atoms with Gasteiger partial charge in [0.25, 0.3) is 0 Å². The van der Waals surface area contributed by atoms with Crippen LogP contribution in [0.25, 0.3) is 0 Å². The van der Waals surface area contributed by atoms with Crippen molar-refractivity contribution in [3.63, 3.8) is 0 Å². The Morgan fingerprint density at radius 3 is 2.22 bits per heavy atom. The minimum atomic E-state index is -1.59. The SMILES string of the molecule is COc1cc([C@@H]2c3cc(O)c(OC)cc3C[C@@H](CO)[C@@H]2CO[C@H]2O[C@H](CO)[C@@H](O)[C@H](O)[C@H]2O)ccc1O. The van der Waals surface area contributed by atoms with Gasteiger partial charge in [0.15, 0.2) is 29.3 Å². The summed E-state index contributed by atoms with van der Waals surface area (Å²) in [7, 11) is 2.88. The first kappa shape index (κ1) is 27.4. The lowest BCUT2D eigenvalue weighted by molar-refractivity contribution is -0.304. The first-order valence-electron chi connectivity index (χ1n) is 12.0. The fraction of sp³-hybridized carbons (Fsp3) is 0.538. The van der Waals surface area contributed by atoms with Gasteiger partial charge in [-0.2, -0.15) is 0 Å². The first-order chi connectivity index (χ1) is 17.7. The number of rotatable bonds is 8. The van der Waals surface area contributed by atoms with Crippen LogP contribution in [-0.2, 0) is 15.9 Å². The highest BCUT2D eigenvalue weighted by Gasteiger charge is 2.45. The minimum Gasteiger partial charge on any atom is -0.504 e. The molecule has 1 heterocycles. The lowest BCUT2D eigenvalue weighted by atomic mass is 9.67. The highest BCUT2D eigenvalue weighted by molar-refractivity contribution is 5.53. The molecule has 11 heteroatoms. The van der Waals surface area contributed by atoms with Gasteiger partial charge in [0, 0.05) is 12.5 Å². The van der Waals surface area contributed by atoms with Gasteiger partial charge in [-0.25, -0.2) is 0 Å². The van der Waals surface area contributed by atoms with Gasteiger partial charge in [-0.05, 0) is 59.2 Å². The Balaban J connectivity index is 1.72. The Morgan fingerprint density at radius 2 is 1.57 bits per heavy atom. The van der Waals surface area contributed by atoms with Crippen molar-refractivity contribution in [1.82, 2.24) is 0 Å². The molecule has 1 aliphatic carbocycles. The number of methoxy groups -OCH3 is 2. The normalized spacial score (nSPS) is 31.5. The summed E-state index contributed by atoms with van der Waals surface area (Å²) < 4.78 is 22.0. The zero-order chi connectivity index (χ0) is 26.9. The second-order valence-corrected chi connectivity index (χ2v) is 9.47. The van der Waals surface area contributed by atoms with Gasteiger partial charge in [0.2, 0.25) is 0 Å². The van der Waals surface area contributed by atoms with Gasteiger partial charge in [-0.3, -0.25) is 0 Å². The molecule has 0 saturated carbocycles. The summed E-state index contributed by atoms with van der Waals surface area (Å²) in [5, 5.41) is 71.2. The molecule has 0 spiro atoms. The van der Waals surface area contributed by atoms with Gasteiger partial charge in [-0.15, -0.1) is 0 Å². The highest BCUT2D eigenvalue weighted by Crippen LogP contribution is 2.48. The lowest BCUT2D eigenvalue weighted by Gasteiger charge is -2.43. The molecule has 0 aromatic heterocycles. The van der Waals surface area contributed by atoms with Crippen LogP contribution in [0.4, 0.5) is 0 Å². The minimum absolute atomic E-state index is 0.0476. The van der Waals surface area contributed by atoms with E-state index in [2.05, 4.69) is 0 Å². The summed E-state index contributed by atoms with van der Waals surface area (Å²) in [6.07, 6.45) is -6.68. The van der Waals surface area contributed by atoms with Crippen LogP contribution in [0.2, 0.25) is 0 Å². The topological polar surface area (TPSA) is 179 Å². The van der Waals surface area contributed by atoms with Gasteiger partial charge < -0.3 is 54.7 Å². The van der Waals surface area contributed by atoms with Crippen molar-refractivity contribution in [2.24, 2.45) is 11.8 Å². The van der Waals surface area contributed by atoms with E-state index in [-0.39, 0.29) is 36.4 Å². The Hall–Kier alpha value is -2.64. The molecule has 1 saturated heterocycles. The third-order valence-electron chi connectivity index (χ3n) is 7.39. The standard InChI is InChI=1S/C26H34O11/c1-34-19-6-12(3-4-17(19)29)22-15-8-18(30)20(35-2)7-13(15)5-14(9-27)16(22)11-36-26-25(33)24(32)23(31)21(10-28)37-26/h3-4,6-8,14,16,21-33H,5,9-11H2,1-2H3/t14-,16-,21+,22+,23+,24-,25+,26-/m0/s1. The Bertz CT molecular complexity index is 1070. The van der Waals surface area contributed by atoms with Crippen LogP contribution in [0, 0.1) is 11.8 Å². The lowest BCUT2D eigenvalue weighted by Crippen LogP contribution is -2.59. The Morgan fingerprint density at radius 1 is 0.865 bits per heavy atom. The molecular weight excluding hydrogens is 488 g/mol. The molecular formula is C26H34O11. The van der Waals surface area contributed by atoms with E-state index in [1.807, 2.05) is 0 Å². The van der Waals surface area contributed by atoms with E-state index in [0.29, 0.717) is 12.2 Å². The smallest absolute Gasteiger partial charge is 0.186 e. The van der Waals surface area contributed by atoms with Crippen molar-refractivity contribution >= 4 is 0 Å². The number of benzene rings is 2. The van der Waals surface area contributed by atoms with Gasteiger partial charge >= 0.3 is 0 Å². The molecule has 204 valence electrons. The number of phenolic OH excluding ortho intramolecular Hbond substituents is 2. The van der Waals surface area contributed by atoms with Crippen molar-refractivity contribution in [2.45, 2.75) is 43.0 Å². The summed E-state index contributed by atoms with van der Waals surface area (Å²) in [6.45, 7) is -0.830. The number of hydrogen-bond acceptors (Lipinski definition) is 11. The summed E-state index contributed by atoms with van der Waals surface area (Å²) >= 11 is 0. The maximum absolute atomic E-state index is 10.6. The predicted molar refractivity (Wildman–Crippen MR) is 129 cm³/mol. The van der Waals surface area contributed by atoms with Crippen molar-refractivity contribution in [1.29, 1.82) is 0 Å². The molecule has 4 rings (SSSR count). The highest BCUT2D eigenvalue weighted by atomic mass is 16.7. The number of aliphatic hydroxyl groups is 5. The quantitative estimate of drug-likeness (QED) is 0.245. The molecule has 0 bridgehead atoms. The second kappa shape index (κ2) is 11.4. The number of aromatic hydroxyl groups is 2. The monoisotopic (exact) mass is 522 g/mol. The number of hydrogen-bond donors (Lipinski definition) is 7. The Labute approximate surface area is 214 Å². The van der Waals surface area contributed by atoms with E-state index < -0.39 is 49.1 Å². The fourth-order valence-corrected chi connectivity index (χ4v) is 5.35. The zero-order valence-corrected chi connectivity index (χ0v) is 20.6. The van der Waals surface area contributed by atoms with Crippen LogP contribution in [-0.4, -0.2) is 100 Å². The van der Waals surface area contributed by atoms with Gasteiger partial charge in [0.05, 0.1) is 27.4 Å². The van der Waals surface area contributed by atoms with Crippen molar-refractivity contribution in [3.8, 4) is 23.0 Å². The van der Waals surface area contributed by atoms with E-state index >= 15 is 0 Å². The van der Waals surface area contributed by atoms with Gasteiger partial charge in [-0.1, -0.05) is 6.07 Å². The molecule has 0 amide bonds. The van der Waals surface area contributed by atoms with Crippen LogP contribution in [0.15, 0.2) is 30.3 Å². The molecule has 11 nitrogen and oxygen atoms in total. The van der Waals surface area contributed by atoms with Crippen LogP contribution >= 0.6 is 0 Å². The number of fused-ring (bicyclic) bond motifs is 1. The number of ether oxygens (including phenoxy) is 4. The summed E-state index contributed by atoms with van der Waals surface area (Å²) in [5.74, 6) is -0.744. The predicted octanol–water partition coefficient (Wildman–Crippen LogP) is -0.156. The van der Waals surface area contributed by atoms with Crippen molar-refractivity contribution in [3.05, 3.63) is 47.0 Å². The van der Waals surface area contributed by atoms with Crippen molar-refractivity contribution < 1.29 is 54.7 Å². The maximum Gasteiger partial charge on any atom is 0.186 e. The number of phenols is 2. The molecule has 1 aliphatic heterocycles. The molecule has 7 N–H and O–H groups in total. The van der Waals surface area contributed by atoms with Crippen LogP contribution < -0.4 is 9.47 Å². The van der Waals surface area contributed by atoms with E-state index in [9.17, 15) is 35.7 Å². The van der Waals surface area contributed by atoms with Gasteiger partial charge in [0.1, 0.15) is 24.4 Å². The van der Waals surface area contributed by atoms with Crippen LogP contribution in [0.5, 0.6) is 23.0 Å². The Kier molecular flexibility index (Phi) is 8.44. The van der Waals surface area contributed by atoms with E-state index in [4.69, 9.17) is 18.9 Å². The summed E-state index contributed by atoms with van der Waals surface area (Å²) in [5.41, 5.74) is 2.34. The molecule has 1 fully saturated rings. The van der Waals surface area contributed by atoms with Crippen LogP contribution in [0.1, 0.15) is 22.6 Å². The third-order valence-corrected chi connectivity index (χ3v) is 7.39. The van der Waals surface area contributed by atoms with E-state index in [1.165, 1.54) is 20.3 Å². The second-order valence-electron chi connectivity index (χ2n) is 9.47. The number of aliphatic hydroxyl groups excluding tert-OH is 5. The maximum atomic E-state index is 10.6. The summed E-state index contributed by atoms with van der Waals surface area (Å²) in [6, 6.07) is 8.22. The largest absolute Gasteiger partial charge is 0.504 e. The average molecular weight is 523 g/mol. The van der Waals surface area contributed by atoms with Crippen molar-refractivity contribution in [2.75, 3.05) is 34.0 Å². The van der Waals surface area contributed by atoms with E-state index in [0.717, 1.165) is 16.7 Å². The molecule has 2 aliphatic rings. The average Bonchev–Trinajstić information content (AvgIpc) is 2.90. The fourth-order valence-electron chi connectivity index (χ4n) is 5.35. The van der Waals surface area contributed by atoms with Crippen LogP contribution in [0.3, 0.4) is 0 Å². The molecule has 0 unspecified atom stereocenters. The molecule has 8 atom stereocenters. The van der Waals surface area contributed by atoms with E-state index in [1.54, 1.807) is 24.3 Å². The molecule has 0 radical (unpaired) electrons. The third kappa shape index (κ3) is 5.21.